The molecular formula is C45H65N2O11PS. The summed E-state index contributed by atoms with van der Waals surface area (Å²) in [5, 5.41) is 25.3. The molecule has 0 aliphatic carbocycles. The smallest absolute Gasteiger partial charge is 0.319 e. The molecule has 3 aromatic rings. The van der Waals surface area contributed by atoms with E-state index in [1.54, 1.807) is 30.5 Å². The maximum Gasteiger partial charge on any atom is 0.319 e. The number of unbranched alkanes of at least 4 members (excludes halogenated alkanes) is 4. The van der Waals surface area contributed by atoms with E-state index in [1.807, 2.05) is 30.3 Å². The van der Waals surface area contributed by atoms with Crippen molar-refractivity contribution in [2.45, 2.75) is 88.4 Å². The first kappa shape index (κ1) is 48.0. The lowest BCUT2D eigenvalue weighted by atomic mass is 9.78. The molecule has 3 saturated heterocycles. The van der Waals surface area contributed by atoms with Crippen LogP contribution in [-0.2, 0) is 52.5 Å². The molecule has 60 heavy (non-hydrogen) atoms. The molecule has 3 fully saturated rings. The number of hydrogen-bond donors (Lipinski definition) is 4. The molecule has 3 heterocycles. The quantitative estimate of drug-likeness (QED) is 0.0250. The maximum atomic E-state index is 14.1. The monoisotopic (exact) mass is 872 g/mol. The van der Waals surface area contributed by atoms with Gasteiger partial charge in [-0.3, -0.25) is 18.1 Å². The lowest BCUT2D eigenvalue weighted by molar-refractivity contribution is -0.958. The van der Waals surface area contributed by atoms with Gasteiger partial charge >= 0.3 is 5.97 Å². The second-order valence-corrected chi connectivity index (χ2v) is 19.2. The van der Waals surface area contributed by atoms with Crippen LogP contribution < -0.4 is 14.9 Å². The number of quaternary nitrogens is 1. The molecule has 0 radical (unpaired) electrons. The number of carbonyl (C=O) groups excluding carboxylic acids is 1. The Hall–Kier alpha value is -3.01. The summed E-state index contributed by atoms with van der Waals surface area (Å²) in [5.74, 6) is 0.202. The molecule has 4 N–H and O–H groups in total. The van der Waals surface area contributed by atoms with Crippen molar-refractivity contribution in [3.05, 3.63) is 101 Å². The van der Waals surface area contributed by atoms with Crippen molar-refractivity contribution in [2.75, 3.05) is 71.3 Å². The minimum absolute atomic E-state index is 0.147. The van der Waals surface area contributed by atoms with Gasteiger partial charge in [-0.05, 0) is 73.9 Å². The summed E-state index contributed by atoms with van der Waals surface area (Å²) in [6.45, 7) is 4.08. The molecule has 5 unspecified atom stereocenters. The number of ether oxygens (including phenoxy) is 3. The fourth-order valence-electron chi connectivity index (χ4n) is 8.53. The van der Waals surface area contributed by atoms with E-state index < -0.39 is 55.6 Å². The molecule has 0 saturated carbocycles. The summed E-state index contributed by atoms with van der Waals surface area (Å²) in [6.07, 6.45) is 9.56. The van der Waals surface area contributed by atoms with E-state index in [0.29, 0.717) is 41.0 Å². The average molecular weight is 873 g/mol. The molecule has 6 rings (SSSR count). The van der Waals surface area contributed by atoms with Crippen LogP contribution in [0, 0.1) is 5.92 Å². The van der Waals surface area contributed by atoms with Crippen LogP contribution in [-0.4, -0.2) is 107 Å². The number of phosphoric acid groups is 1. The minimum atomic E-state index is -5.02. The number of nitrogens with zero attached hydrogens (tertiary/aromatic N) is 1. The third kappa shape index (κ3) is 14.8. The molecule has 3 aliphatic rings. The van der Waals surface area contributed by atoms with Crippen molar-refractivity contribution in [3.8, 4) is 5.75 Å². The van der Waals surface area contributed by atoms with Gasteiger partial charge in [-0.1, -0.05) is 79.6 Å². The zero-order valence-electron chi connectivity index (χ0n) is 35.0. The van der Waals surface area contributed by atoms with Gasteiger partial charge in [0.15, 0.2) is 12.9 Å². The molecule has 2 bridgehead atoms. The molecule has 13 nitrogen and oxygen atoms in total. The van der Waals surface area contributed by atoms with Crippen LogP contribution in [0.1, 0.15) is 86.1 Å². The Balaban J connectivity index is 1.14. The van der Waals surface area contributed by atoms with E-state index in [-0.39, 0.29) is 18.1 Å². The van der Waals surface area contributed by atoms with E-state index in [4.69, 9.17) is 19.1 Å². The van der Waals surface area contributed by atoms with Crippen molar-refractivity contribution in [2.24, 2.45) is 5.92 Å². The number of aryl methyl sites for hydroxylation is 1. The van der Waals surface area contributed by atoms with Gasteiger partial charge in [-0.15, -0.1) is 0 Å². The Morgan fingerprint density at radius 3 is 2.35 bits per heavy atom. The molecule has 3 aromatic carbocycles. The highest BCUT2D eigenvalue weighted by Gasteiger charge is 2.50. The first-order valence-corrected chi connectivity index (χ1v) is 24.6. The van der Waals surface area contributed by atoms with E-state index in [1.165, 1.54) is 5.56 Å². The number of aliphatic hydroxyl groups excluding tert-OH is 2. The van der Waals surface area contributed by atoms with Crippen LogP contribution in [0.3, 0.4) is 0 Å². The summed E-state index contributed by atoms with van der Waals surface area (Å²) < 4.78 is 46.4. The number of nitrogens with one attached hydrogen (secondary N) is 1. The Morgan fingerprint density at radius 2 is 1.67 bits per heavy atom. The van der Waals surface area contributed by atoms with Crippen molar-refractivity contribution in [3.63, 3.8) is 0 Å². The highest BCUT2D eigenvalue weighted by molar-refractivity contribution is 7.84. The zero-order valence-corrected chi connectivity index (χ0v) is 36.7. The van der Waals surface area contributed by atoms with Crippen LogP contribution in [0.25, 0.3) is 0 Å². The molecule has 15 heteroatoms. The van der Waals surface area contributed by atoms with Gasteiger partial charge in [0.25, 0.3) is 7.82 Å². The normalized spacial score (nSPS) is 21.8. The Bertz CT molecular complexity index is 1810. The molecule has 5 atom stereocenters. The summed E-state index contributed by atoms with van der Waals surface area (Å²) in [6, 6.07) is 24.8. The molecule has 332 valence electrons. The van der Waals surface area contributed by atoms with Gasteiger partial charge < -0.3 is 44.0 Å². The number of esters is 1. The SMILES string of the molecule is CS(=O)CCC(CO)(C(=O)OC1C[N+]2(Cc3cc(C(O)CNCCCCCCOCCCCc4ccccc4)ccc3OCOP(=O)([O-])O)CCC1CC2)c1ccccc1. The van der Waals surface area contributed by atoms with Gasteiger partial charge in [0.1, 0.15) is 24.3 Å². The van der Waals surface area contributed by atoms with Crippen LogP contribution in [0.15, 0.2) is 78.9 Å². The number of aliphatic hydroxyl groups is 2. The van der Waals surface area contributed by atoms with Gasteiger partial charge in [-0.25, -0.2) is 0 Å². The first-order valence-electron chi connectivity index (χ1n) is 21.4. The van der Waals surface area contributed by atoms with Crippen LogP contribution >= 0.6 is 7.82 Å². The van der Waals surface area contributed by atoms with Gasteiger partial charge in [0, 0.05) is 66.9 Å². The highest BCUT2D eigenvalue weighted by atomic mass is 32.2. The third-order valence-corrected chi connectivity index (χ3v) is 13.3. The van der Waals surface area contributed by atoms with Crippen LogP contribution in [0.4, 0.5) is 0 Å². The van der Waals surface area contributed by atoms with Crippen LogP contribution in [0.2, 0.25) is 0 Å². The predicted molar refractivity (Wildman–Crippen MR) is 229 cm³/mol. The third-order valence-electron chi connectivity index (χ3n) is 12.1. The van der Waals surface area contributed by atoms with E-state index in [9.17, 15) is 28.7 Å². The summed E-state index contributed by atoms with van der Waals surface area (Å²) in [7, 11) is -6.20. The number of benzene rings is 3. The molecule has 0 aromatic heterocycles. The lowest BCUT2D eigenvalue weighted by Gasteiger charge is -2.52. The van der Waals surface area contributed by atoms with Gasteiger partial charge in [0.05, 0.1) is 25.8 Å². The lowest BCUT2D eigenvalue weighted by Crippen LogP contribution is -2.64. The minimum Gasteiger partial charge on any atom is -0.756 e. The van der Waals surface area contributed by atoms with Crippen LogP contribution in [0.5, 0.6) is 5.75 Å². The van der Waals surface area contributed by atoms with Crippen molar-refractivity contribution in [1.29, 1.82) is 0 Å². The number of phosphoric ester groups is 1. The van der Waals surface area contributed by atoms with Gasteiger partial charge in [-0.2, -0.15) is 0 Å². The Kier molecular flexibility index (Phi) is 19.2. The molecule has 3 aliphatic heterocycles. The van der Waals surface area contributed by atoms with E-state index in [2.05, 4.69) is 34.1 Å². The molecular weight excluding hydrogens is 808 g/mol. The number of piperidine rings is 3. The summed E-state index contributed by atoms with van der Waals surface area (Å²) >= 11 is 0. The number of rotatable bonds is 28. The number of fused-ring (bicyclic) bond motifs is 3. The van der Waals surface area contributed by atoms with E-state index >= 15 is 0 Å². The Labute approximate surface area is 358 Å². The van der Waals surface area contributed by atoms with E-state index in [0.717, 1.165) is 96.2 Å². The van der Waals surface area contributed by atoms with Crippen molar-refractivity contribution >= 4 is 24.6 Å². The second kappa shape index (κ2) is 24.0. The summed E-state index contributed by atoms with van der Waals surface area (Å²) in [4.78, 5) is 34.6. The zero-order chi connectivity index (χ0) is 42.9. The number of hydrogen-bond acceptors (Lipinski definition) is 11. The summed E-state index contributed by atoms with van der Waals surface area (Å²) in [5.41, 5.74) is 2.02. The Morgan fingerprint density at radius 1 is 0.983 bits per heavy atom. The topological polar surface area (TPSA) is 184 Å². The second-order valence-electron chi connectivity index (χ2n) is 16.5. The molecule has 0 spiro atoms. The fourth-order valence-corrected chi connectivity index (χ4v) is 9.36. The largest absolute Gasteiger partial charge is 0.756 e. The van der Waals surface area contributed by atoms with Crippen molar-refractivity contribution < 1.29 is 56.8 Å². The molecule has 0 amide bonds. The fraction of sp³-hybridized carbons (Fsp3) is 0.578. The predicted octanol–water partition coefficient (Wildman–Crippen LogP) is 5.07. The van der Waals surface area contributed by atoms with Crippen molar-refractivity contribution in [1.82, 2.24) is 5.32 Å². The first-order chi connectivity index (χ1) is 28.9. The average Bonchev–Trinajstić information content (AvgIpc) is 3.24. The maximum absolute atomic E-state index is 14.1. The number of carbonyl (C=O) groups is 1. The van der Waals surface area contributed by atoms with Gasteiger partial charge in [0.2, 0.25) is 0 Å². The standard InChI is InChI=1S/C45H65N2O11PS/c1-60(54)29-23-45(34-48,40-17-8-5-9-18-40)44(50)58-43-33-47(25-21-37(43)22-26-47)32-39-30-38(19-20-42(39)56-35-57-59(51,52)53)41(49)31-46-24-11-2-3-12-27-55-28-13-10-16-36-14-6-4-7-15-36/h4-9,14-15,17-20,30,37,41,43,46,48-49H,2-3,10-13,16,21-29,31-35H2,1H3,(H-,51,52,53). The highest BCUT2D eigenvalue weighted by Crippen LogP contribution is 2.41.